The SMILES string of the molecule is CNC(=O)[C@H](Cc1ccccc1)N(Cc1ccc(Cl)c(Cl)c1)C(=O)CN(c1cccc(C)c1)S(C)(=O)=O. The Hall–Kier alpha value is -3.07. The number of carbonyl (C=O) groups is 2. The number of aryl methyl sites for hydroxylation is 1. The van der Waals surface area contributed by atoms with Crippen molar-refractivity contribution in [3.63, 3.8) is 0 Å². The lowest BCUT2D eigenvalue weighted by Crippen LogP contribution is -2.52. The van der Waals surface area contributed by atoms with Crippen LogP contribution in [0.2, 0.25) is 10.0 Å². The number of hydrogen-bond acceptors (Lipinski definition) is 4. The van der Waals surface area contributed by atoms with E-state index in [9.17, 15) is 18.0 Å². The molecule has 37 heavy (non-hydrogen) atoms. The predicted octanol–water partition coefficient (Wildman–Crippen LogP) is 4.45. The van der Waals surface area contributed by atoms with Crippen LogP contribution < -0.4 is 9.62 Å². The summed E-state index contributed by atoms with van der Waals surface area (Å²) >= 11 is 12.3. The van der Waals surface area contributed by atoms with Crippen LogP contribution in [0.4, 0.5) is 5.69 Å². The standard InChI is InChI=1S/C27H29Cl2N3O4S/c1-19-8-7-11-22(14-19)32(37(3,35)36)18-26(33)31(17-21-12-13-23(28)24(29)15-21)25(27(34)30-2)16-20-9-5-4-6-10-20/h4-15,25H,16-18H2,1-3H3,(H,30,34)/t25-/m0/s1. The number of hydrogen-bond donors (Lipinski definition) is 1. The molecule has 0 heterocycles. The van der Waals surface area contributed by atoms with Gasteiger partial charge in [-0.25, -0.2) is 8.42 Å². The molecule has 0 fully saturated rings. The van der Waals surface area contributed by atoms with Crippen molar-refractivity contribution in [3.05, 3.63) is 99.5 Å². The highest BCUT2D eigenvalue weighted by atomic mass is 35.5. The van der Waals surface area contributed by atoms with E-state index in [2.05, 4.69) is 5.32 Å². The average molecular weight is 563 g/mol. The van der Waals surface area contributed by atoms with Gasteiger partial charge in [0.15, 0.2) is 0 Å². The topological polar surface area (TPSA) is 86.8 Å². The van der Waals surface area contributed by atoms with E-state index in [-0.39, 0.29) is 18.9 Å². The second-order valence-electron chi connectivity index (χ2n) is 8.70. The number of likely N-dealkylation sites (N-methyl/N-ethyl adjacent to an activating group) is 1. The Balaban J connectivity index is 2.04. The Morgan fingerprint density at radius 3 is 2.22 bits per heavy atom. The monoisotopic (exact) mass is 561 g/mol. The zero-order valence-corrected chi connectivity index (χ0v) is 23.1. The normalized spacial score (nSPS) is 12.0. The minimum Gasteiger partial charge on any atom is -0.357 e. The first kappa shape index (κ1) is 28.5. The summed E-state index contributed by atoms with van der Waals surface area (Å²) in [5, 5.41) is 3.31. The molecule has 1 atom stereocenters. The molecule has 3 aromatic carbocycles. The number of halogens is 2. The summed E-state index contributed by atoms with van der Waals surface area (Å²) in [5.74, 6) is -0.916. The molecular weight excluding hydrogens is 533 g/mol. The summed E-state index contributed by atoms with van der Waals surface area (Å²) < 4.78 is 26.5. The van der Waals surface area contributed by atoms with E-state index in [0.717, 1.165) is 21.7 Å². The first-order chi connectivity index (χ1) is 17.5. The molecule has 196 valence electrons. The number of benzene rings is 3. The van der Waals surface area contributed by atoms with Crippen LogP contribution in [0.1, 0.15) is 16.7 Å². The van der Waals surface area contributed by atoms with Crippen LogP contribution in [0.25, 0.3) is 0 Å². The van der Waals surface area contributed by atoms with Gasteiger partial charge < -0.3 is 10.2 Å². The maximum absolute atomic E-state index is 13.8. The number of anilines is 1. The quantitative estimate of drug-likeness (QED) is 0.396. The fourth-order valence-corrected chi connectivity index (χ4v) is 5.11. The van der Waals surface area contributed by atoms with Gasteiger partial charge in [-0.2, -0.15) is 0 Å². The Morgan fingerprint density at radius 1 is 0.919 bits per heavy atom. The smallest absolute Gasteiger partial charge is 0.244 e. The van der Waals surface area contributed by atoms with Crippen LogP contribution in [-0.4, -0.2) is 51.0 Å². The number of nitrogens with one attached hydrogen (secondary N) is 1. The second-order valence-corrected chi connectivity index (χ2v) is 11.4. The number of carbonyl (C=O) groups excluding carboxylic acids is 2. The lowest BCUT2D eigenvalue weighted by atomic mass is 10.0. The first-order valence-corrected chi connectivity index (χ1v) is 14.1. The van der Waals surface area contributed by atoms with Gasteiger partial charge in [-0.15, -0.1) is 0 Å². The molecule has 1 N–H and O–H groups in total. The molecule has 0 bridgehead atoms. The molecule has 7 nitrogen and oxygen atoms in total. The van der Waals surface area contributed by atoms with Crippen LogP contribution in [0.3, 0.4) is 0 Å². The van der Waals surface area contributed by atoms with E-state index in [0.29, 0.717) is 21.3 Å². The van der Waals surface area contributed by atoms with Crippen molar-refractivity contribution in [1.29, 1.82) is 0 Å². The second kappa shape index (κ2) is 12.4. The average Bonchev–Trinajstić information content (AvgIpc) is 2.86. The van der Waals surface area contributed by atoms with Gasteiger partial charge in [0.05, 0.1) is 22.0 Å². The Bertz CT molecular complexity index is 1370. The van der Waals surface area contributed by atoms with Crippen LogP contribution in [0.5, 0.6) is 0 Å². The highest BCUT2D eigenvalue weighted by Crippen LogP contribution is 2.25. The summed E-state index contributed by atoms with van der Waals surface area (Å²) in [6.45, 7) is 1.38. The Kier molecular flexibility index (Phi) is 9.59. The molecule has 0 aromatic heterocycles. The number of rotatable bonds is 10. The molecule has 3 aromatic rings. The summed E-state index contributed by atoms with van der Waals surface area (Å²) in [5.41, 5.74) is 2.70. The van der Waals surface area contributed by atoms with E-state index in [1.54, 1.807) is 36.4 Å². The molecule has 0 aliphatic rings. The maximum Gasteiger partial charge on any atom is 0.244 e. The van der Waals surface area contributed by atoms with E-state index in [1.807, 2.05) is 43.3 Å². The van der Waals surface area contributed by atoms with Crippen LogP contribution in [-0.2, 0) is 32.6 Å². The third-order valence-electron chi connectivity index (χ3n) is 5.82. The molecule has 0 unspecified atom stereocenters. The van der Waals surface area contributed by atoms with Crippen LogP contribution in [0.15, 0.2) is 72.8 Å². The Morgan fingerprint density at radius 2 is 1.62 bits per heavy atom. The van der Waals surface area contributed by atoms with Gasteiger partial charge in [-0.3, -0.25) is 13.9 Å². The summed E-state index contributed by atoms with van der Waals surface area (Å²) in [6.07, 6.45) is 1.28. The van der Waals surface area contributed by atoms with Gasteiger partial charge >= 0.3 is 0 Å². The molecule has 0 saturated heterocycles. The van der Waals surface area contributed by atoms with E-state index in [1.165, 1.54) is 11.9 Å². The lowest BCUT2D eigenvalue weighted by Gasteiger charge is -2.33. The van der Waals surface area contributed by atoms with E-state index >= 15 is 0 Å². The van der Waals surface area contributed by atoms with Crippen molar-refractivity contribution >= 4 is 50.7 Å². The molecule has 0 saturated carbocycles. The van der Waals surface area contributed by atoms with Gasteiger partial charge in [0.25, 0.3) is 0 Å². The lowest BCUT2D eigenvalue weighted by molar-refractivity contribution is -0.139. The van der Waals surface area contributed by atoms with Gasteiger partial charge in [0.1, 0.15) is 12.6 Å². The fourth-order valence-electron chi connectivity index (χ4n) is 3.95. The van der Waals surface area contributed by atoms with Crippen LogP contribution >= 0.6 is 23.2 Å². The summed E-state index contributed by atoms with van der Waals surface area (Å²) in [6, 6.07) is 20.2. The Labute approximate surface area is 228 Å². The number of sulfonamides is 1. The van der Waals surface area contributed by atoms with Crippen molar-refractivity contribution in [2.24, 2.45) is 0 Å². The van der Waals surface area contributed by atoms with Gasteiger partial charge in [0, 0.05) is 20.0 Å². The summed E-state index contributed by atoms with van der Waals surface area (Å²) in [7, 11) is -2.31. The molecule has 0 aliphatic carbocycles. The van der Waals surface area contributed by atoms with Crippen molar-refractivity contribution < 1.29 is 18.0 Å². The van der Waals surface area contributed by atoms with Gasteiger partial charge in [-0.1, -0.05) is 71.7 Å². The van der Waals surface area contributed by atoms with Crippen LogP contribution in [0, 0.1) is 6.92 Å². The zero-order chi connectivity index (χ0) is 27.2. The highest BCUT2D eigenvalue weighted by Gasteiger charge is 2.32. The zero-order valence-electron chi connectivity index (χ0n) is 20.8. The molecule has 2 amide bonds. The van der Waals surface area contributed by atoms with Crippen molar-refractivity contribution in [1.82, 2.24) is 10.2 Å². The van der Waals surface area contributed by atoms with Crippen molar-refractivity contribution in [2.75, 3.05) is 24.2 Å². The predicted molar refractivity (Wildman–Crippen MR) is 148 cm³/mol. The summed E-state index contributed by atoms with van der Waals surface area (Å²) in [4.78, 5) is 28.3. The molecule has 0 spiro atoms. The molecule has 0 radical (unpaired) electrons. The van der Waals surface area contributed by atoms with Gasteiger partial charge in [0.2, 0.25) is 21.8 Å². The molecule has 10 heteroatoms. The van der Waals surface area contributed by atoms with Gasteiger partial charge in [-0.05, 0) is 47.9 Å². The maximum atomic E-state index is 13.8. The number of amides is 2. The van der Waals surface area contributed by atoms with Crippen molar-refractivity contribution in [3.8, 4) is 0 Å². The largest absolute Gasteiger partial charge is 0.357 e. The third kappa shape index (κ3) is 7.71. The fraction of sp³-hybridized carbons (Fsp3) is 0.259. The minimum atomic E-state index is -3.81. The molecular formula is C27H29Cl2N3O4S. The highest BCUT2D eigenvalue weighted by molar-refractivity contribution is 7.92. The van der Waals surface area contributed by atoms with E-state index < -0.39 is 28.5 Å². The minimum absolute atomic E-state index is 0.0199. The van der Waals surface area contributed by atoms with E-state index in [4.69, 9.17) is 23.2 Å². The molecule has 0 aliphatic heterocycles. The molecule has 3 rings (SSSR count). The third-order valence-corrected chi connectivity index (χ3v) is 7.70. The first-order valence-electron chi connectivity index (χ1n) is 11.5. The van der Waals surface area contributed by atoms with Crippen molar-refractivity contribution in [2.45, 2.75) is 25.9 Å². The number of nitrogens with zero attached hydrogens (tertiary/aromatic N) is 2.